The van der Waals surface area contributed by atoms with Gasteiger partial charge in [0, 0.05) is 11.3 Å². The Kier molecular flexibility index (Phi) is 4.05. The maximum Gasteiger partial charge on any atom is 0.248 e. The Labute approximate surface area is 160 Å². The van der Waals surface area contributed by atoms with Gasteiger partial charge in [0.25, 0.3) is 0 Å². The van der Waals surface area contributed by atoms with E-state index >= 15 is 0 Å². The lowest BCUT2D eigenvalue weighted by molar-refractivity contribution is -0.115. The second kappa shape index (κ2) is 6.55. The second-order valence-electron chi connectivity index (χ2n) is 6.42. The SMILES string of the molecule is CC1=C(C(N)=O)C(c2ccc(C#N)cc2)n2nc(-c3cccc(O)c3)nc2N1. The molecule has 3 aromatic rings. The summed E-state index contributed by atoms with van der Waals surface area (Å²) in [5.74, 6) is 0.388. The highest BCUT2D eigenvalue weighted by Crippen LogP contribution is 2.36. The van der Waals surface area contributed by atoms with E-state index in [0.29, 0.717) is 34.2 Å². The zero-order valence-electron chi connectivity index (χ0n) is 14.9. The number of nitrogens with one attached hydrogen (secondary N) is 1. The summed E-state index contributed by atoms with van der Waals surface area (Å²) in [5, 5.41) is 26.4. The molecule has 1 unspecified atom stereocenters. The van der Waals surface area contributed by atoms with E-state index in [1.165, 1.54) is 0 Å². The fraction of sp³-hybridized carbons (Fsp3) is 0.100. The van der Waals surface area contributed by atoms with E-state index < -0.39 is 11.9 Å². The molecular formula is C20H16N6O2. The summed E-state index contributed by atoms with van der Waals surface area (Å²) in [4.78, 5) is 16.7. The van der Waals surface area contributed by atoms with Gasteiger partial charge in [0.15, 0.2) is 5.82 Å². The van der Waals surface area contributed by atoms with Crippen molar-refractivity contribution in [1.82, 2.24) is 14.8 Å². The van der Waals surface area contributed by atoms with Crippen molar-refractivity contribution in [2.45, 2.75) is 13.0 Å². The van der Waals surface area contributed by atoms with Gasteiger partial charge in [-0.25, -0.2) is 4.68 Å². The number of rotatable bonds is 3. The summed E-state index contributed by atoms with van der Waals surface area (Å²) in [6, 6.07) is 15.0. The molecule has 0 aliphatic carbocycles. The zero-order chi connectivity index (χ0) is 19.8. The molecule has 8 nitrogen and oxygen atoms in total. The number of benzene rings is 2. The lowest BCUT2D eigenvalue weighted by Crippen LogP contribution is -2.31. The van der Waals surface area contributed by atoms with Crippen LogP contribution in [0.4, 0.5) is 5.95 Å². The number of nitrogens with zero attached hydrogens (tertiary/aromatic N) is 4. The lowest BCUT2D eigenvalue weighted by Gasteiger charge is -2.27. The Balaban J connectivity index is 1.87. The fourth-order valence-corrected chi connectivity index (χ4v) is 3.29. The zero-order valence-corrected chi connectivity index (χ0v) is 14.9. The predicted molar refractivity (Wildman–Crippen MR) is 102 cm³/mol. The molecule has 0 saturated heterocycles. The molecule has 1 aliphatic heterocycles. The summed E-state index contributed by atoms with van der Waals surface area (Å²) >= 11 is 0. The van der Waals surface area contributed by atoms with E-state index in [2.05, 4.69) is 21.5 Å². The van der Waals surface area contributed by atoms with Crippen LogP contribution in [0.5, 0.6) is 5.75 Å². The monoisotopic (exact) mass is 372 g/mol. The molecule has 1 aliphatic rings. The topological polar surface area (TPSA) is 130 Å². The molecule has 1 amide bonds. The number of aromatic nitrogens is 3. The van der Waals surface area contributed by atoms with Gasteiger partial charge in [-0.15, -0.1) is 5.10 Å². The smallest absolute Gasteiger partial charge is 0.248 e. The van der Waals surface area contributed by atoms with Gasteiger partial charge in [-0.3, -0.25) is 4.79 Å². The highest BCUT2D eigenvalue weighted by molar-refractivity contribution is 5.95. The number of amides is 1. The van der Waals surface area contributed by atoms with Crippen LogP contribution in [-0.4, -0.2) is 25.8 Å². The Bertz CT molecular complexity index is 1150. The van der Waals surface area contributed by atoms with Gasteiger partial charge in [0.1, 0.15) is 11.8 Å². The number of phenolic OH excluding ortho intramolecular Hbond substituents is 1. The van der Waals surface area contributed by atoms with Crippen molar-refractivity contribution in [1.29, 1.82) is 5.26 Å². The molecule has 1 aromatic heterocycles. The molecule has 4 N–H and O–H groups in total. The Morgan fingerprint density at radius 3 is 2.68 bits per heavy atom. The Morgan fingerprint density at radius 2 is 2.04 bits per heavy atom. The molecule has 0 saturated carbocycles. The Morgan fingerprint density at radius 1 is 1.29 bits per heavy atom. The van der Waals surface area contributed by atoms with Gasteiger partial charge in [-0.05, 0) is 36.8 Å². The highest BCUT2D eigenvalue weighted by atomic mass is 16.3. The van der Waals surface area contributed by atoms with Crippen LogP contribution in [0.1, 0.15) is 24.1 Å². The molecule has 4 rings (SSSR count). The van der Waals surface area contributed by atoms with Gasteiger partial charge < -0.3 is 16.2 Å². The van der Waals surface area contributed by atoms with Gasteiger partial charge in [0.05, 0.1) is 17.2 Å². The van der Waals surface area contributed by atoms with Crippen LogP contribution in [0.3, 0.4) is 0 Å². The maximum atomic E-state index is 12.2. The molecule has 8 heteroatoms. The van der Waals surface area contributed by atoms with Crippen LogP contribution in [0.25, 0.3) is 11.4 Å². The molecule has 0 spiro atoms. The molecule has 2 heterocycles. The summed E-state index contributed by atoms with van der Waals surface area (Å²) in [6.07, 6.45) is 0. The molecule has 28 heavy (non-hydrogen) atoms. The van der Waals surface area contributed by atoms with Crippen molar-refractivity contribution in [3.63, 3.8) is 0 Å². The van der Waals surface area contributed by atoms with Crippen LogP contribution >= 0.6 is 0 Å². The quantitative estimate of drug-likeness (QED) is 0.647. The number of fused-ring (bicyclic) bond motifs is 1. The average Bonchev–Trinajstić information content (AvgIpc) is 3.10. The van der Waals surface area contributed by atoms with E-state index in [1.54, 1.807) is 60.1 Å². The number of anilines is 1. The molecule has 0 bridgehead atoms. The number of hydrogen-bond donors (Lipinski definition) is 3. The first-order chi connectivity index (χ1) is 13.5. The van der Waals surface area contributed by atoms with Gasteiger partial charge in [-0.1, -0.05) is 24.3 Å². The summed E-state index contributed by atoms with van der Waals surface area (Å²) in [6.45, 7) is 1.75. The minimum Gasteiger partial charge on any atom is -0.508 e. The molecule has 2 aromatic carbocycles. The van der Waals surface area contributed by atoms with E-state index in [-0.39, 0.29) is 5.75 Å². The minimum atomic E-state index is -0.583. The van der Waals surface area contributed by atoms with Crippen molar-refractivity contribution >= 4 is 11.9 Å². The number of allylic oxidation sites excluding steroid dienone is 1. The summed E-state index contributed by atoms with van der Waals surface area (Å²) < 4.78 is 1.59. The van der Waals surface area contributed by atoms with Crippen molar-refractivity contribution in [3.8, 4) is 23.2 Å². The number of nitrogens with two attached hydrogens (primary N) is 1. The normalized spacial score (nSPS) is 15.5. The van der Waals surface area contributed by atoms with E-state index in [1.807, 2.05) is 0 Å². The van der Waals surface area contributed by atoms with Crippen molar-refractivity contribution in [3.05, 3.63) is 70.9 Å². The standard InChI is InChI=1S/C20H16N6O2/c1-11-16(18(22)28)17(13-7-5-12(10-21)6-8-13)26-20(23-11)24-19(25-26)14-3-2-4-15(27)9-14/h2-9,17,27H,1H3,(H2,22,28)(H,23,24,25). The summed E-state index contributed by atoms with van der Waals surface area (Å²) in [5.41, 5.74) is 8.51. The third-order valence-corrected chi connectivity index (χ3v) is 4.58. The van der Waals surface area contributed by atoms with Gasteiger partial charge in [0.2, 0.25) is 11.9 Å². The van der Waals surface area contributed by atoms with Gasteiger partial charge in [-0.2, -0.15) is 10.2 Å². The van der Waals surface area contributed by atoms with Crippen LogP contribution < -0.4 is 11.1 Å². The van der Waals surface area contributed by atoms with E-state index in [9.17, 15) is 9.90 Å². The molecule has 0 fully saturated rings. The number of carbonyl (C=O) groups is 1. The molecule has 1 atom stereocenters. The van der Waals surface area contributed by atoms with Crippen molar-refractivity contribution in [2.24, 2.45) is 5.73 Å². The first-order valence-corrected chi connectivity index (χ1v) is 8.51. The second-order valence-corrected chi connectivity index (χ2v) is 6.42. The fourth-order valence-electron chi connectivity index (χ4n) is 3.29. The maximum absolute atomic E-state index is 12.2. The van der Waals surface area contributed by atoms with Crippen LogP contribution in [-0.2, 0) is 4.79 Å². The van der Waals surface area contributed by atoms with Gasteiger partial charge >= 0.3 is 0 Å². The van der Waals surface area contributed by atoms with Crippen LogP contribution in [0.2, 0.25) is 0 Å². The van der Waals surface area contributed by atoms with Crippen LogP contribution in [0.15, 0.2) is 59.8 Å². The Hall–Kier alpha value is -4.12. The third kappa shape index (κ3) is 2.85. The third-order valence-electron chi connectivity index (χ3n) is 4.58. The highest BCUT2D eigenvalue weighted by Gasteiger charge is 2.33. The largest absolute Gasteiger partial charge is 0.508 e. The number of carbonyl (C=O) groups excluding carboxylic acids is 1. The number of hydrogen-bond acceptors (Lipinski definition) is 6. The molecule has 0 radical (unpaired) electrons. The summed E-state index contributed by atoms with van der Waals surface area (Å²) in [7, 11) is 0. The van der Waals surface area contributed by atoms with Crippen LogP contribution in [0, 0.1) is 11.3 Å². The lowest BCUT2D eigenvalue weighted by atomic mass is 9.95. The first-order valence-electron chi connectivity index (χ1n) is 8.51. The first kappa shape index (κ1) is 17.3. The number of nitriles is 1. The molecule has 138 valence electrons. The number of aromatic hydroxyl groups is 1. The molecular weight excluding hydrogens is 356 g/mol. The predicted octanol–water partition coefficient (Wildman–Crippen LogP) is 2.30. The number of phenols is 1. The van der Waals surface area contributed by atoms with E-state index in [0.717, 1.165) is 5.56 Å². The van der Waals surface area contributed by atoms with E-state index in [4.69, 9.17) is 11.0 Å². The van der Waals surface area contributed by atoms with Crippen molar-refractivity contribution in [2.75, 3.05) is 5.32 Å². The van der Waals surface area contributed by atoms with Crippen molar-refractivity contribution < 1.29 is 9.90 Å². The number of primary amides is 1. The minimum absolute atomic E-state index is 0.106. The average molecular weight is 372 g/mol.